The van der Waals surface area contributed by atoms with Crippen molar-refractivity contribution in [2.45, 2.75) is 6.61 Å². The van der Waals surface area contributed by atoms with Crippen LogP contribution in [-0.4, -0.2) is 6.29 Å². The lowest BCUT2D eigenvalue weighted by molar-refractivity contribution is 0.111. The Labute approximate surface area is 70.5 Å². The third-order valence-electron chi connectivity index (χ3n) is 1.95. The monoisotopic (exact) mass is 160 g/mol. The van der Waals surface area contributed by atoms with Crippen molar-refractivity contribution in [3.05, 3.63) is 41.2 Å². The molecule has 0 amide bonds. The molecule has 2 nitrogen and oxygen atoms in total. The van der Waals surface area contributed by atoms with E-state index in [4.69, 9.17) is 4.74 Å². The average Bonchev–Trinajstić information content (AvgIpc) is 2.17. The maximum absolute atomic E-state index is 10.6. The molecular weight excluding hydrogens is 152 g/mol. The second-order valence-electron chi connectivity index (χ2n) is 2.65. The van der Waals surface area contributed by atoms with Crippen LogP contribution in [0.15, 0.2) is 24.5 Å². The van der Waals surface area contributed by atoms with Gasteiger partial charge in [-0.1, -0.05) is 18.2 Å². The lowest BCUT2D eigenvalue weighted by Gasteiger charge is -2.12. The Hall–Kier alpha value is -1.57. The first kappa shape index (κ1) is 7.10. The van der Waals surface area contributed by atoms with Gasteiger partial charge in [0.1, 0.15) is 12.9 Å². The molecule has 0 fully saturated rings. The highest BCUT2D eigenvalue weighted by molar-refractivity contribution is 5.79. The normalized spacial score (nSPS) is 13.3. The molecule has 0 aliphatic carbocycles. The summed E-state index contributed by atoms with van der Waals surface area (Å²) in [6.45, 7) is 0.501. The molecule has 1 aromatic rings. The van der Waals surface area contributed by atoms with Crippen molar-refractivity contribution >= 4 is 12.4 Å². The topological polar surface area (TPSA) is 26.3 Å². The van der Waals surface area contributed by atoms with Crippen molar-refractivity contribution in [3.63, 3.8) is 0 Å². The van der Waals surface area contributed by atoms with E-state index in [2.05, 4.69) is 0 Å². The molecule has 1 aromatic carbocycles. The van der Waals surface area contributed by atoms with E-state index in [0.29, 0.717) is 6.61 Å². The third-order valence-corrected chi connectivity index (χ3v) is 1.95. The molecule has 1 aliphatic rings. The van der Waals surface area contributed by atoms with Crippen molar-refractivity contribution in [1.29, 1.82) is 0 Å². The number of ether oxygens (including phenoxy) is 1. The number of rotatable bonds is 1. The Balaban J connectivity index is 2.60. The van der Waals surface area contributed by atoms with Crippen molar-refractivity contribution in [3.8, 4) is 0 Å². The van der Waals surface area contributed by atoms with Gasteiger partial charge in [0.25, 0.3) is 0 Å². The maximum atomic E-state index is 10.6. The van der Waals surface area contributed by atoms with Gasteiger partial charge in [0.2, 0.25) is 0 Å². The molecule has 0 bridgehead atoms. The van der Waals surface area contributed by atoms with Crippen LogP contribution < -0.4 is 0 Å². The summed E-state index contributed by atoms with van der Waals surface area (Å²) in [5.74, 6) is 0. The zero-order valence-corrected chi connectivity index (χ0v) is 6.49. The second-order valence-corrected chi connectivity index (χ2v) is 2.65. The molecular formula is C10H8O2. The van der Waals surface area contributed by atoms with Crippen molar-refractivity contribution < 1.29 is 9.53 Å². The van der Waals surface area contributed by atoms with E-state index >= 15 is 0 Å². The summed E-state index contributed by atoms with van der Waals surface area (Å²) in [5, 5.41) is 0. The van der Waals surface area contributed by atoms with Crippen LogP contribution >= 0.6 is 0 Å². The number of aldehydes is 1. The molecule has 12 heavy (non-hydrogen) atoms. The molecule has 0 N–H and O–H groups in total. The van der Waals surface area contributed by atoms with Crippen LogP contribution in [0.2, 0.25) is 0 Å². The molecule has 2 heteroatoms. The lowest BCUT2D eigenvalue weighted by Crippen LogP contribution is -2.00. The zero-order valence-electron chi connectivity index (χ0n) is 6.49. The minimum Gasteiger partial charge on any atom is -0.496 e. The Morgan fingerprint density at radius 3 is 3.17 bits per heavy atom. The van der Waals surface area contributed by atoms with Crippen LogP contribution in [-0.2, 0) is 11.3 Å². The summed E-state index contributed by atoms with van der Waals surface area (Å²) in [5.41, 5.74) is 2.78. The van der Waals surface area contributed by atoms with E-state index in [9.17, 15) is 4.79 Å². The predicted octanol–water partition coefficient (Wildman–Crippen LogP) is 2.00. The summed E-state index contributed by atoms with van der Waals surface area (Å²) >= 11 is 0. The van der Waals surface area contributed by atoms with Gasteiger partial charge in [0, 0.05) is 11.1 Å². The predicted molar refractivity (Wildman–Crippen MR) is 45.7 cm³/mol. The van der Waals surface area contributed by atoms with Gasteiger partial charge in [-0.3, -0.25) is 4.79 Å². The molecule has 0 saturated carbocycles. The maximum Gasteiger partial charge on any atom is 0.150 e. The zero-order chi connectivity index (χ0) is 8.39. The van der Waals surface area contributed by atoms with Crippen LogP contribution in [0, 0.1) is 0 Å². The number of hydrogen-bond acceptors (Lipinski definition) is 2. The fraction of sp³-hybridized carbons (Fsp3) is 0.100. The minimum absolute atomic E-state index is 0.501. The SMILES string of the molecule is O=Cc1cccc2c1COC=C2. The Morgan fingerprint density at radius 2 is 2.33 bits per heavy atom. The van der Waals surface area contributed by atoms with Crippen molar-refractivity contribution in [1.82, 2.24) is 0 Å². The summed E-state index contributed by atoms with van der Waals surface area (Å²) in [6, 6.07) is 5.65. The molecule has 0 radical (unpaired) electrons. The summed E-state index contributed by atoms with van der Waals surface area (Å²) in [7, 11) is 0. The Morgan fingerprint density at radius 1 is 1.42 bits per heavy atom. The fourth-order valence-corrected chi connectivity index (χ4v) is 1.31. The number of benzene rings is 1. The summed E-state index contributed by atoms with van der Waals surface area (Å²) < 4.78 is 5.10. The van der Waals surface area contributed by atoms with Gasteiger partial charge in [-0.25, -0.2) is 0 Å². The summed E-state index contributed by atoms with van der Waals surface area (Å²) in [6.07, 6.45) is 4.38. The molecule has 0 unspecified atom stereocenters. The first-order chi connectivity index (χ1) is 5.92. The second kappa shape index (κ2) is 2.81. The molecule has 1 aliphatic heterocycles. The van der Waals surface area contributed by atoms with E-state index in [-0.39, 0.29) is 0 Å². The van der Waals surface area contributed by atoms with Gasteiger partial charge in [0.15, 0.2) is 0 Å². The van der Waals surface area contributed by atoms with Gasteiger partial charge in [-0.05, 0) is 11.6 Å². The van der Waals surface area contributed by atoms with Gasteiger partial charge in [-0.15, -0.1) is 0 Å². The van der Waals surface area contributed by atoms with E-state index < -0.39 is 0 Å². The lowest BCUT2D eigenvalue weighted by atomic mass is 10.0. The number of carbonyl (C=O) groups excluding carboxylic acids is 1. The van der Waals surface area contributed by atoms with Crippen LogP contribution in [0.25, 0.3) is 6.08 Å². The van der Waals surface area contributed by atoms with E-state index in [1.165, 1.54) is 0 Å². The molecule has 0 spiro atoms. The van der Waals surface area contributed by atoms with Gasteiger partial charge in [-0.2, -0.15) is 0 Å². The highest BCUT2D eigenvalue weighted by Crippen LogP contribution is 2.19. The van der Waals surface area contributed by atoms with Crippen molar-refractivity contribution in [2.75, 3.05) is 0 Å². The number of carbonyl (C=O) groups is 1. The van der Waals surface area contributed by atoms with Gasteiger partial charge in [0.05, 0.1) is 6.26 Å². The highest BCUT2D eigenvalue weighted by Gasteiger charge is 2.08. The van der Waals surface area contributed by atoms with Crippen LogP contribution in [0.5, 0.6) is 0 Å². The third kappa shape index (κ3) is 1.01. The van der Waals surface area contributed by atoms with Crippen LogP contribution in [0.4, 0.5) is 0 Å². The molecule has 0 atom stereocenters. The van der Waals surface area contributed by atoms with Crippen LogP contribution in [0.3, 0.4) is 0 Å². The van der Waals surface area contributed by atoms with E-state index in [1.807, 2.05) is 18.2 Å². The molecule has 2 rings (SSSR count). The first-order valence-corrected chi connectivity index (χ1v) is 3.77. The standard InChI is InChI=1S/C10H8O2/c11-6-9-3-1-2-8-4-5-12-7-10(8)9/h1-6H,7H2. The van der Waals surface area contributed by atoms with Crippen LogP contribution in [0.1, 0.15) is 21.5 Å². The van der Waals surface area contributed by atoms with E-state index in [0.717, 1.165) is 23.0 Å². The fourth-order valence-electron chi connectivity index (χ4n) is 1.31. The Kier molecular flexibility index (Phi) is 1.67. The number of hydrogen-bond donors (Lipinski definition) is 0. The highest BCUT2D eigenvalue weighted by atomic mass is 16.5. The quantitative estimate of drug-likeness (QED) is 0.587. The van der Waals surface area contributed by atoms with E-state index in [1.54, 1.807) is 12.3 Å². The smallest absolute Gasteiger partial charge is 0.150 e. The molecule has 0 aromatic heterocycles. The largest absolute Gasteiger partial charge is 0.496 e. The van der Waals surface area contributed by atoms with Gasteiger partial charge < -0.3 is 4.74 Å². The first-order valence-electron chi connectivity index (χ1n) is 3.77. The van der Waals surface area contributed by atoms with Gasteiger partial charge >= 0.3 is 0 Å². The Bertz CT molecular complexity index is 340. The molecule has 60 valence electrons. The number of fused-ring (bicyclic) bond motifs is 1. The van der Waals surface area contributed by atoms with Crippen molar-refractivity contribution in [2.24, 2.45) is 0 Å². The summed E-state index contributed by atoms with van der Waals surface area (Å²) in [4.78, 5) is 10.6. The molecule has 0 saturated heterocycles. The molecule has 1 heterocycles. The average molecular weight is 160 g/mol. The minimum atomic E-state index is 0.501.